The summed E-state index contributed by atoms with van der Waals surface area (Å²) < 4.78 is 1.77. The number of halogens is 2. The van der Waals surface area contributed by atoms with E-state index in [9.17, 15) is 29.1 Å². The Balaban J connectivity index is 0.824. The predicted molar refractivity (Wildman–Crippen MR) is 239 cm³/mol. The average molecular weight is 897 g/mol. The molecule has 0 atom stereocenters. The number of aromatic nitrogens is 3. The number of nitrogens with zero attached hydrogens (tertiary/aromatic N) is 6. The SMILES string of the molecule is CN(C)C/C=C/C(=O)N1CCN(c2ccc(CCNC(=O)CCCCCCCC(=O)NCCn3ccc(-c4cc(Cl)c(Cl)c5[nH]c6c(c45)CN(C(=O)CO)CC6)n3)s2)C(=O)C1. The van der Waals surface area contributed by atoms with Gasteiger partial charge in [0.05, 0.1) is 32.8 Å². The predicted octanol–water partition coefficient (Wildman–Crippen LogP) is 4.78. The van der Waals surface area contributed by atoms with Crippen LogP contribution >= 0.6 is 34.5 Å². The van der Waals surface area contributed by atoms with E-state index in [0.717, 1.165) is 64.2 Å². The van der Waals surface area contributed by atoms with Crippen molar-refractivity contribution in [3.05, 3.63) is 68.8 Å². The molecule has 0 saturated carbocycles. The fourth-order valence-corrected chi connectivity index (χ4v) is 9.05. The Hall–Kier alpha value is -4.74. The van der Waals surface area contributed by atoms with Gasteiger partial charge in [0, 0.05) is 104 Å². The minimum atomic E-state index is -0.544. The molecule has 3 aromatic heterocycles. The molecular formula is C43H55Cl2N9O6S. The minimum Gasteiger partial charge on any atom is -0.387 e. The van der Waals surface area contributed by atoms with E-state index in [-0.39, 0.29) is 36.1 Å². The maximum absolute atomic E-state index is 12.8. The van der Waals surface area contributed by atoms with E-state index in [4.69, 9.17) is 28.3 Å². The van der Waals surface area contributed by atoms with Gasteiger partial charge in [-0.05, 0) is 57.6 Å². The maximum Gasteiger partial charge on any atom is 0.248 e. The van der Waals surface area contributed by atoms with Crippen LogP contribution in [-0.4, -0.2) is 131 Å². The summed E-state index contributed by atoms with van der Waals surface area (Å²) in [6, 6.07) is 7.60. The number of amides is 5. The number of H-pyrrole nitrogens is 1. The first-order valence-electron chi connectivity index (χ1n) is 20.9. The molecule has 0 unspecified atom stereocenters. The standard InChI is InChI=1S/C43H55Cl2N9O6S/c1-50(2)19-8-11-37(58)52-23-24-54(38(59)27-52)40-13-12-29(61-40)14-17-46-35(56)9-6-4-3-5-7-10-36(57)47-18-22-53-21-16-34(49-53)30-25-32(44)42(45)43-41(30)31-26-51(39(60)28-55)20-15-33(31)48-43/h8,11-13,16,21,25,48,55H,3-7,9-10,14-15,17-20,22-24,26-28H2,1-2H3,(H,46,56)(H,47,57)/b11-8+. The van der Waals surface area contributed by atoms with Crippen LogP contribution in [0.2, 0.25) is 10.0 Å². The lowest BCUT2D eigenvalue weighted by atomic mass is 9.99. The van der Waals surface area contributed by atoms with Gasteiger partial charge in [0.2, 0.25) is 29.5 Å². The Labute approximate surface area is 370 Å². The Morgan fingerprint density at radius 1 is 0.951 bits per heavy atom. The minimum absolute atomic E-state index is 0.0123. The largest absolute Gasteiger partial charge is 0.387 e. The number of benzene rings is 1. The molecule has 5 heterocycles. The quantitative estimate of drug-likeness (QED) is 0.0725. The number of aliphatic hydroxyl groups is 1. The molecule has 5 amide bonds. The van der Waals surface area contributed by atoms with Crippen LogP contribution < -0.4 is 15.5 Å². The molecule has 2 aliphatic heterocycles. The fourth-order valence-electron chi connectivity index (χ4n) is 7.61. The number of fused-ring (bicyclic) bond motifs is 3. The van der Waals surface area contributed by atoms with E-state index >= 15 is 0 Å². The molecule has 4 N–H and O–H groups in total. The number of aromatic amines is 1. The molecule has 2 aliphatic rings. The van der Waals surface area contributed by atoms with Crippen molar-refractivity contribution in [3.8, 4) is 11.3 Å². The molecule has 4 aromatic rings. The fraction of sp³-hybridized carbons (Fsp3) is 0.488. The van der Waals surface area contributed by atoms with Gasteiger partial charge >= 0.3 is 0 Å². The van der Waals surface area contributed by atoms with E-state index in [2.05, 4.69) is 15.6 Å². The van der Waals surface area contributed by atoms with Crippen molar-refractivity contribution in [1.82, 2.24) is 40.1 Å². The van der Waals surface area contributed by atoms with Gasteiger partial charge in [0.15, 0.2) is 0 Å². The molecule has 1 fully saturated rings. The Morgan fingerprint density at radius 2 is 1.69 bits per heavy atom. The first-order valence-corrected chi connectivity index (χ1v) is 22.5. The number of piperazine rings is 1. The lowest BCUT2D eigenvalue weighted by molar-refractivity contribution is -0.135. The Kier molecular flexibility index (Phi) is 16.4. The highest BCUT2D eigenvalue weighted by Gasteiger charge is 2.29. The first-order chi connectivity index (χ1) is 29.4. The number of nitrogens with one attached hydrogen (secondary N) is 3. The number of anilines is 1. The molecule has 1 saturated heterocycles. The van der Waals surface area contributed by atoms with E-state index in [1.807, 2.05) is 43.4 Å². The number of hydrogen-bond donors (Lipinski definition) is 4. The van der Waals surface area contributed by atoms with Crippen LogP contribution in [0, 0.1) is 0 Å². The van der Waals surface area contributed by atoms with Gasteiger partial charge in [-0.15, -0.1) is 11.3 Å². The molecular weight excluding hydrogens is 842 g/mol. The lowest BCUT2D eigenvalue weighted by Gasteiger charge is -2.33. The van der Waals surface area contributed by atoms with Crippen LogP contribution in [-0.2, 0) is 49.9 Å². The second-order valence-corrected chi connectivity index (χ2v) is 17.6. The number of hydrogen-bond acceptors (Lipinski definition) is 9. The third kappa shape index (κ3) is 12.2. The maximum atomic E-state index is 12.8. The van der Waals surface area contributed by atoms with E-state index in [1.54, 1.807) is 31.5 Å². The van der Waals surface area contributed by atoms with Gasteiger partial charge in [-0.3, -0.25) is 28.7 Å². The van der Waals surface area contributed by atoms with Gasteiger partial charge in [-0.2, -0.15) is 5.10 Å². The van der Waals surface area contributed by atoms with Gasteiger partial charge in [0.1, 0.15) is 13.2 Å². The van der Waals surface area contributed by atoms with Crippen molar-refractivity contribution in [3.63, 3.8) is 0 Å². The highest BCUT2D eigenvalue weighted by molar-refractivity contribution is 7.16. The van der Waals surface area contributed by atoms with Crippen LogP contribution in [0.15, 0.2) is 42.6 Å². The molecule has 0 radical (unpaired) electrons. The summed E-state index contributed by atoms with van der Waals surface area (Å²) in [6.45, 7) is 3.39. The van der Waals surface area contributed by atoms with Crippen LogP contribution in [0.3, 0.4) is 0 Å². The zero-order valence-electron chi connectivity index (χ0n) is 34.8. The summed E-state index contributed by atoms with van der Waals surface area (Å²) in [5, 5.41) is 22.7. The van der Waals surface area contributed by atoms with E-state index < -0.39 is 6.61 Å². The van der Waals surface area contributed by atoms with Crippen molar-refractivity contribution < 1.29 is 29.1 Å². The third-order valence-electron chi connectivity index (χ3n) is 10.9. The summed E-state index contributed by atoms with van der Waals surface area (Å²) in [7, 11) is 3.86. The number of carbonyl (C=O) groups is 5. The smallest absolute Gasteiger partial charge is 0.248 e. The highest BCUT2D eigenvalue weighted by Crippen LogP contribution is 2.42. The van der Waals surface area contributed by atoms with E-state index in [1.165, 1.54) is 17.4 Å². The zero-order chi connectivity index (χ0) is 43.5. The number of aliphatic hydroxyl groups excluding tert-OH is 1. The van der Waals surface area contributed by atoms with Crippen molar-refractivity contribution in [1.29, 1.82) is 0 Å². The molecule has 15 nitrogen and oxygen atoms in total. The Morgan fingerprint density at radius 3 is 2.41 bits per heavy atom. The van der Waals surface area contributed by atoms with Crippen molar-refractivity contribution in [2.24, 2.45) is 0 Å². The number of thiophene rings is 1. The van der Waals surface area contributed by atoms with E-state index in [0.29, 0.717) is 99.3 Å². The summed E-state index contributed by atoms with van der Waals surface area (Å²) in [4.78, 5) is 73.9. The second-order valence-electron chi connectivity index (χ2n) is 15.7. The topological polar surface area (TPSA) is 176 Å². The normalized spacial score (nSPS) is 14.4. The molecule has 0 bridgehead atoms. The molecule has 0 aliphatic carbocycles. The number of carbonyl (C=O) groups excluding carboxylic acids is 5. The second kappa shape index (κ2) is 21.9. The van der Waals surface area contributed by atoms with Crippen molar-refractivity contribution in [2.75, 3.05) is 71.4 Å². The van der Waals surface area contributed by atoms with Crippen LogP contribution in [0.1, 0.15) is 61.1 Å². The number of rotatable bonds is 20. The average Bonchev–Trinajstić information content (AvgIpc) is 4.00. The van der Waals surface area contributed by atoms with Gasteiger partial charge in [0.25, 0.3) is 0 Å². The molecule has 0 spiro atoms. The highest BCUT2D eigenvalue weighted by atomic mass is 35.5. The van der Waals surface area contributed by atoms with Gasteiger partial charge < -0.3 is 40.3 Å². The van der Waals surface area contributed by atoms with Gasteiger partial charge in [-0.25, -0.2) is 0 Å². The third-order valence-corrected chi connectivity index (χ3v) is 12.8. The molecule has 18 heteroatoms. The Bertz CT molecular complexity index is 2230. The molecule has 328 valence electrons. The number of unbranched alkanes of at least 4 members (excludes halogenated alkanes) is 4. The first kappa shape index (κ1) is 45.8. The number of likely N-dealkylation sites (N-methyl/N-ethyl adjacent to an activating group) is 1. The molecule has 1 aromatic carbocycles. The van der Waals surface area contributed by atoms with Crippen molar-refractivity contribution >= 4 is 80.0 Å². The van der Waals surface area contributed by atoms with Crippen LogP contribution in [0.25, 0.3) is 22.2 Å². The zero-order valence-corrected chi connectivity index (χ0v) is 37.1. The lowest BCUT2D eigenvalue weighted by Crippen LogP contribution is -2.51. The van der Waals surface area contributed by atoms with Crippen LogP contribution in [0.5, 0.6) is 0 Å². The molecule has 6 rings (SSSR count). The summed E-state index contributed by atoms with van der Waals surface area (Å²) in [5.74, 6) is -0.565. The summed E-state index contributed by atoms with van der Waals surface area (Å²) in [6.07, 6.45) is 11.7. The van der Waals surface area contributed by atoms with Gasteiger partial charge in [-0.1, -0.05) is 48.5 Å². The summed E-state index contributed by atoms with van der Waals surface area (Å²) in [5.41, 5.74) is 4.08. The molecule has 61 heavy (non-hydrogen) atoms. The monoisotopic (exact) mass is 895 g/mol. The van der Waals surface area contributed by atoms with Crippen LogP contribution in [0.4, 0.5) is 5.00 Å². The summed E-state index contributed by atoms with van der Waals surface area (Å²) >= 11 is 14.7. The van der Waals surface area contributed by atoms with Crippen molar-refractivity contribution in [2.45, 2.75) is 70.9 Å².